The van der Waals surface area contributed by atoms with Crippen LogP contribution in [0.15, 0.2) is 11.8 Å². The van der Waals surface area contributed by atoms with Gasteiger partial charge in [0.2, 0.25) is 0 Å². The number of ketones is 1. The lowest BCUT2D eigenvalue weighted by molar-refractivity contribution is -0.136. The van der Waals surface area contributed by atoms with Crippen molar-refractivity contribution in [2.75, 3.05) is 20.7 Å². The molecule has 0 saturated carbocycles. The summed E-state index contributed by atoms with van der Waals surface area (Å²) in [5.74, 6) is -1.64. The van der Waals surface area contributed by atoms with Crippen LogP contribution in [0.5, 0.6) is 0 Å². The van der Waals surface area contributed by atoms with Crippen molar-refractivity contribution >= 4 is 11.8 Å². The molecule has 1 aliphatic heterocycles. The van der Waals surface area contributed by atoms with Crippen molar-refractivity contribution in [3.05, 3.63) is 11.8 Å². The average molecular weight is 213 g/mol. The molecule has 1 rings (SSSR count). The van der Waals surface area contributed by atoms with Gasteiger partial charge in [0.05, 0.1) is 0 Å². The van der Waals surface area contributed by atoms with E-state index in [1.807, 2.05) is 0 Å². The quantitative estimate of drug-likeness (QED) is 0.412. The molecular weight excluding hydrogens is 198 g/mol. The number of Topliss-reactive ketones (excluding diaryl/α,β-unsaturated/α-hetero) is 1. The van der Waals surface area contributed by atoms with Crippen molar-refractivity contribution in [1.82, 2.24) is 4.90 Å². The first kappa shape index (κ1) is 11.7. The highest BCUT2D eigenvalue weighted by Gasteiger charge is 2.29. The third-order valence-corrected chi connectivity index (χ3v) is 2.11. The Morgan fingerprint density at radius 3 is 2.53 bits per heavy atom. The van der Waals surface area contributed by atoms with E-state index in [-0.39, 0.29) is 5.57 Å². The third kappa shape index (κ3) is 3.06. The lowest BCUT2D eigenvalue weighted by atomic mass is 10.1. The van der Waals surface area contributed by atoms with Gasteiger partial charge in [-0.3, -0.25) is 4.79 Å². The maximum atomic E-state index is 11.7. The zero-order chi connectivity index (χ0) is 11.4. The molecule has 1 unspecified atom stereocenters. The van der Waals surface area contributed by atoms with E-state index in [9.17, 15) is 9.59 Å². The van der Waals surface area contributed by atoms with Crippen molar-refractivity contribution < 1.29 is 19.4 Å². The minimum absolute atomic E-state index is 0.216. The predicted octanol–water partition coefficient (Wildman–Crippen LogP) is 0.265. The summed E-state index contributed by atoms with van der Waals surface area (Å²) in [6.07, 6.45) is 2.15. The average Bonchev–Trinajstić information content (AvgIpc) is 2.65. The van der Waals surface area contributed by atoms with E-state index in [4.69, 9.17) is 9.84 Å². The van der Waals surface area contributed by atoms with E-state index in [0.29, 0.717) is 13.0 Å². The lowest BCUT2D eigenvalue weighted by Gasteiger charge is -2.11. The molecule has 0 aromatic carbocycles. The van der Waals surface area contributed by atoms with Crippen molar-refractivity contribution in [3.8, 4) is 0 Å². The fourth-order valence-electron chi connectivity index (χ4n) is 1.44. The molecule has 0 spiro atoms. The van der Waals surface area contributed by atoms with Gasteiger partial charge in [-0.2, -0.15) is 0 Å². The fraction of sp³-hybridized carbons (Fsp3) is 0.600. The Hall–Kier alpha value is -1.36. The highest BCUT2D eigenvalue weighted by Crippen LogP contribution is 2.16. The topological polar surface area (TPSA) is 66.8 Å². The highest BCUT2D eigenvalue weighted by atomic mass is 16.5. The van der Waals surface area contributed by atoms with Crippen molar-refractivity contribution in [2.24, 2.45) is 0 Å². The number of hydrogen-bond donors (Lipinski definition) is 1. The number of aliphatic carboxylic acids is 1. The lowest BCUT2D eigenvalue weighted by Crippen LogP contribution is -2.26. The van der Waals surface area contributed by atoms with Crippen LogP contribution < -0.4 is 0 Å². The Morgan fingerprint density at radius 2 is 2.13 bits per heavy atom. The second kappa shape index (κ2) is 4.93. The smallest absolute Gasteiger partial charge is 0.340 e. The van der Waals surface area contributed by atoms with E-state index in [2.05, 4.69) is 0 Å². The number of ether oxygens (including phenoxy) is 1. The third-order valence-electron chi connectivity index (χ3n) is 2.11. The minimum Gasteiger partial charge on any atom is -0.478 e. The molecule has 0 aromatic rings. The van der Waals surface area contributed by atoms with Gasteiger partial charge in [-0.05, 0) is 12.8 Å². The Bertz CT molecular complexity index is 290. The summed E-state index contributed by atoms with van der Waals surface area (Å²) >= 11 is 0. The van der Waals surface area contributed by atoms with E-state index < -0.39 is 17.9 Å². The molecule has 0 radical (unpaired) electrons. The molecule has 1 heterocycles. The first-order chi connectivity index (χ1) is 7.02. The fourth-order valence-corrected chi connectivity index (χ4v) is 1.44. The van der Waals surface area contributed by atoms with Gasteiger partial charge in [-0.15, -0.1) is 0 Å². The van der Waals surface area contributed by atoms with Crippen molar-refractivity contribution in [1.29, 1.82) is 0 Å². The van der Waals surface area contributed by atoms with Crippen molar-refractivity contribution in [3.63, 3.8) is 0 Å². The van der Waals surface area contributed by atoms with E-state index >= 15 is 0 Å². The number of hydrogen-bond acceptors (Lipinski definition) is 4. The summed E-state index contributed by atoms with van der Waals surface area (Å²) in [5, 5.41) is 8.88. The van der Waals surface area contributed by atoms with Gasteiger partial charge in [0.1, 0.15) is 11.7 Å². The largest absolute Gasteiger partial charge is 0.478 e. The number of carboxylic acid groups (broad SMARTS) is 1. The van der Waals surface area contributed by atoms with Crippen LogP contribution in [0.3, 0.4) is 0 Å². The second-order valence-corrected chi connectivity index (χ2v) is 3.68. The Balaban J connectivity index is 2.80. The number of rotatable bonds is 4. The molecule has 1 aliphatic rings. The first-order valence-electron chi connectivity index (χ1n) is 4.79. The maximum Gasteiger partial charge on any atom is 0.340 e. The zero-order valence-electron chi connectivity index (χ0n) is 8.90. The van der Waals surface area contributed by atoms with Crippen molar-refractivity contribution in [2.45, 2.75) is 18.9 Å². The normalized spacial score (nSPS) is 21.5. The molecule has 0 amide bonds. The molecular formula is C10H15NO4. The summed E-state index contributed by atoms with van der Waals surface area (Å²) in [5.41, 5.74) is -0.216. The molecule has 1 saturated heterocycles. The standard InChI is InChI=1S/C10H15NO4/c1-11(2)6-7(10(13)14)9(12)8-4-3-5-15-8/h6,8H,3-5H2,1-2H3,(H,13,14). The molecule has 0 bridgehead atoms. The molecule has 5 heteroatoms. The maximum absolute atomic E-state index is 11.7. The predicted molar refractivity (Wildman–Crippen MR) is 53.4 cm³/mol. The van der Waals surface area contributed by atoms with Gasteiger partial charge < -0.3 is 14.7 Å². The van der Waals surface area contributed by atoms with Gasteiger partial charge in [-0.25, -0.2) is 4.79 Å². The summed E-state index contributed by atoms with van der Waals surface area (Å²) in [6.45, 7) is 0.533. The summed E-state index contributed by atoms with van der Waals surface area (Å²) < 4.78 is 5.16. The van der Waals surface area contributed by atoms with E-state index in [0.717, 1.165) is 6.42 Å². The van der Waals surface area contributed by atoms with Crippen LogP contribution >= 0.6 is 0 Å². The van der Waals surface area contributed by atoms with Crippen LogP contribution in [-0.4, -0.2) is 48.6 Å². The number of carbonyl (C=O) groups is 2. The minimum atomic E-state index is -1.20. The van der Waals surface area contributed by atoms with Gasteiger partial charge in [0, 0.05) is 26.9 Å². The summed E-state index contributed by atoms with van der Waals surface area (Å²) in [4.78, 5) is 24.1. The van der Waals surface area contributed by atoms with E-state index in [1.165, 1.54) is 11.1 Å². The number of nitrogens with zero attached hydrogens (tertiary/aromatic N) is 1. The van der Waals surface area contributed by atoms with Crippen LogP contribution in [-0.2, 0) is 14.3 Å². The SMILES string of the molecule is CN(C)C=C(C(=O)O)C(=O)C1CCCO1. The van der Waals surface area contributed by atoms with Crippen LogP contribution in [0.2, 0.25) is 0 Å². The second-order valence-electron chi connectivity index (χ2n) is 3.68. The summed E-state index contributed by atoms with van der Waals surface area (Å²) in [7, 11) is 3.34. The number of carboxylic acids is 1. The first-order valence-corrected chi connectivity index (χ1v) is 4.79. The summed E-state index contributed by atoms with van der Waals surface area (Å²) in [6, 6.07) is 0. The molecule has 1 N–H and O–H groups in total. The Kier molecular flexibility index (Phi) is 3.85. The molecule has 5 nitrogen and oxygen atoms in total. The highest BCUT2D eigenvalue weighted by molar-refractivity contribution is 6.18. The molecule has 1 atom stereocenters. The zero-order valence-corrected chi connectivity index (χ0v) is 8.90. The van der Waals surface area contributed by atoms with Gasteiger partial charge >= 0.3 is 5.97 Å². The van der Waals surface area contributed by atoms with Gasteiger partial charge in [0.25, 0.3) is 0 Å². The molecule has 0 aliphatic carbocycles. The molecule has 15 heavy (non-hydrogen) atoms. The monoisotopic (exact) mass is 213 g/mol. The Labute approximate surface area is 88.3 Å². The molecule has 0 aromatic heterocycles. The van der Waals surface area contributed by atoms with E-state index in [1.54, 1.807) is 14.1 Å². The van der Waals surface area contributed by atoms with Crippen LogP contribution in [0.25, 0.3) is 0 Å². The van der Waals surface area contributed by atoms with Crippen LogP contribution in [0, 0.1) is 0 Å². The van der Waals surface area contributed by atoms with Crippen LogP contribution in [0.4, 0.5) is 0 Å². The Morgan fingerprint density at radius 1 is 1.47 bits per heavy atom. The molecule has 1 fully saturated rings. The van der Waals surface area contributed by atoms with Crippen LogP contribution in [0.1, 0.15) is 12.8 Å². The van der Waals surface area contributed by atoms with Gasteiger partial charge in [-0.1, -0.05) is 0 Å². The molecule has 84 valence electrons. The number of carbonyl (C=O) groups excluding carboxylic acids is 1. The van der Waals surface area contributed by atoms with Gasteiger partial charge in [0.15, 0.2) is 5.78 Å².